The molecule has 2 N–H and O–H groups in total. The zero-order valence-corrected chi connectivity index (χ0v) is 12.5. The first kappa shape index (κ1) is 13.4. The van der Waals surface area contributed by atoms with Crippen LogP contribution in [0.1, 0.15) is 11.1 Å². The molecule has 2 aromatic carbocycles. The number of para-hydroxylation sites is 1. The lowest BCUT2D eigenvalue weighted by atomic mass is 10.1. The predicted octanol–water partition coefficient (Wildman–Crippen LogP) is 3.89. The van der Waals surface area contributed by atoms with E-state index >= 15 is 0 Å². The van der Waals surface area contributed by atoms with Crippen molar-refractivity contribution in [3.63, 3.8) is 0 Å². The number of nitrogens with two attached hydrogens (primary N) is 1. The van der Waals surface area contributed by atoms with E-state index in [-0.39, 0.29) is 0 Å². The fraction of sp³-hybridized carbons (Fsp3) is 0.200. The van der Waals surface area contributed by atoms with Crippen molar-refractivity contribution < 1.29 is 4.74 Å². The second kappa shape index (κ2) is 6.20. The lowest BCUT2D eigenvalue weighted by Gasteiger charge is -2.11. The van der Waals surface area contributed by atoms with Crippen LogP contribution in [0.25, 0.3) is 0 Å². The second-order valence-electron chi connectivity index (χ2n) is 4.17. The smallest absolute Gasteiger partial charge is 0.140 e. The molecule has 0 aliphatic carbocycles. The number of benzene rings is 2. The van der Waals surface area contributed by atoms with Gasteiger partial charge in [0.15, 0.2) is 0 Å². The molecule has 0 atom stereocenters. The fourth-order valence-corrected chi connectivity index (χ4v) is 2.29. The summed E-state index contributed by atoms with van der Waals surface area (Å²) in [6.45, 7) is 2.74. The number of rotatable bonds is 4. The number of hydrogen-bond acceptors (Lipinski definition) is 2. The minimum Gasteiger partial charge on any atom is -0.456 e. The van der Waals surface area contributed by atoms with Crippen LogP contribution in [0.15, 0.2) is 42.5 Å². The molecule has 0 bridgehead atoms. The highest BCUT2D eigenvalue weighted by molar-refractivity contribution is 14.1. The van der Waals surface area contributed by atoms with Crippen LogP contribution < -0.4 is 10.5 Å². The quantitative estimate of drug-likeness (QED) is 0.847. The minimum absolute atomic E-state index is 0.677. The summed E-state index contributed by atoms with van der Waals surface area (Å²) in [5, 5.41) is 0. The van der Waals surface area contributed by atoms with Crippen LogP contribution in [-0.2, 0) is 6.42 Å². The second-order valence-corrected chi connectivity index (χ2v) is 5.33. The SMILES string of the molecule is Cc1cc(CCN)ccc1Oc1ccccc1I. The molecule has 0 unspecified atom stereocenters. The topological polar surface area (TPSA) is 35.2 Å². The van der Waals surface area contributed by atoms with Crippen LogP contribution in [0.2, 0.25) is 0 Å². The highest BCUT2D eigenvalue weighted by atomic mass is 127. The molecule has 94 valence electrons. The van der Waals surface area contributed by atoms with Crippen molar-refractivity contribution in [2.45, 2.75) is 13.3 Å². The molecule has 0 aromatic heterocycles. The Balaban J connectivity index is 2.22. The average molecular weight is 353 g/mol. The minimum atomic E-state index is 0.677. The molecule has 0 radical (unpaired) electrons. The van der Waals surface area contributed by atoms with Gasteiger partial charge in [-0.3, -0.25) is 0 Å². The molecule has 2 aromatic rings. The molecule has 0 aliphatic rings. The molecule has 0 amide bonds. The van der Waals surface area contributed by atoms with Crippen LogP contribution in [0.3, 0.4) is 0 Å². The Bertz CT molecular complexity index is 540. The van der Waals surface area contributed by atoms with E-state index in [1.807, 2.05) is 30.3 Å². The standard InChI is InChI=1S/C15H16INO/c1-11-10-12(8-9-17)6-7-14(11)18-15-5-3-2-4-13(15)16/h2-7,10H,8-9,17H2,1H3. The van der Waals surface area contributed by atoms with Gasteiger partial charge in [0.2, 0.25) is 0 Å². The zero-order chi connectivity index (χ0) is 13.0. The van der Waals surface area contributed by atoms with Crippen molar-refractivity contribution >= 4 is 22.6 Å². The van der Waals surface area contributed by atoms with E-state index in [4.69, 9.17) is 10.5 Å². The number of aryl methyl sites for hydroxylation is 1. The number of hydrogen-bond donors (Lipinski definition) is 1. The van der Waals surface area contributed by atoms with E-state index in [1.165, 1.54) is 5.56 Å². The lowest BCUT2D eigenvalue weighted by molar-refractivity contribution is 0.475. The summed E-state index contributed by atoms with van der Waals surface area (Å²) in [6.07, 6.45) is 0.907. The van der Waals surface area contributed by atoms with E-state index < -0.39 is 0 Å². The average Bonchev–Trinajstić information content (AvgIpc) is 2.35. The monoisotopic (exact) mass is 353 g/mol. The van der Waals surface area contributed by atoms with Gasteiger partial charge in [-0.15, -0.1) is 0 Å². The summed E-state index contributed by atoms with van der Waals surface area (Å²) in [6, 6.07) is 14.2. The molecule has 0 spiro atoms. The van der Waals surface area contributed by atoms with Gasteiger partial charge in [0, 0.05) is 0 Å². The zero-order valence-electron chi connectivity index (χ0n) is 10.3. The Labute approximate surface area is 121 Å². The van der Waals surface area contributed by atoms with Gasteiger partial charge in [-0.05, 0) is 71.8 Å². The van der Waals surface area contributed by atoms with Gasteiger partial charge < -0.3 is 10.5 Å². The first-order valence-corrected chi connectivity index (χ1v) is 7.00. The number of halogens is 1. The Kier molecular flexibility index (Phi) is 4.60. The van der Waals surface area contributed by atoms with Crippen molar-refractivity contribution in [2.24, 2.45) is 5.73 Å². The van der Waals surface area contributed by atoms with E-state index in [0.717, 1.165) is 27.1 Å². The highest BCUT2D eigenvalue weighted by Gasteiger charge is 2.05. The van der Waals surface area contributed by atoms with E-state index in [2.05, 4.69) is 41.6 Å². The summed E-state index contributed by atoms with van der Waals surface area (Å²) in [5.41, 5.74) is 7.95. The summed E-state index contributed by atoms with van der Waals surface area (Å²) >= 11 is 2.28. The molecular weight excluding hydrogens is 337 g/mol. The van der Waals surface area contributed by atoms with Crippen molar-refractivity contribution in [3.05, 3.63) is 57.2 Å². The molecule has 0 fully saturated rings. The Hall–Kier alpha value is -1.07. The molecular formula is C15H16INO. The third kappa shape index (κ3) is 3.23. The Morgan fingerprint density at radius 3 is 2.56 bits per heavy atom. The maximum absolute atomic E-state index is 5.93. The lowest BCUT2D eigenvalue weighted by Crippen LogP contribution is -2.02. The fourth-order valence-electron chi connectivity index (χ4n) is 1.79. The Morgan fingerprint density at radius 2 is 1.89 bits per heavy atom. The summed E-state index contributed by atoms with van der Waals surface area (Å²) in [7, 11) is 0. The summed E-state index contributed by atoms with van der Waals surface area (Å²) < 4.78 is 7.05. The molecule has 2 rings (SSSR count). The van der Waals surface area contributed by atoms with Crippen LogP contribution in [-0.4, -0.2) is 6.54 Å². The van der Waals surface area contributed by atoms with Crippen LogP contribution in [0.4, 0.5) is 0 Å². The van der Waals surface area contributed by atoms with Gasteiger partial charge >= 0.3 is 0 Å². The van der Waals surface area contributed by atoms with Gasteiger partial charge in [-0.1, -0.05) is 24.3 Å². The van der Waals surface area contributed by atoms with Gasteiger partial charge in [-0.25, -0.2) is 0 Å². The van der Waals surface area contributed by atoms with E-state index in [9.17, 15) is 0 Å². The molecule has 0 heterocycles. The molecule has 3 heteroatoms. The first-order valence-electron chi connectivity index (χ1n) is 5.92. The van der Waals surface area contributed by atoms with Gasteiger partial charge in [-0.2, -0.15) is 0 Å². The van der Waals surface area contributed by atoms with Gasteiger partial charge in [0.1, 0.15) is 11.5 Å². The largest absolute Gasteiger partial charge is 0.456 e. The molecule has 0 aliphatic heterocycles. The van der Waals surface area contributed by atoms with Crippen LogP contribution in [0, 0.1) is 10.5 Å². The third-order valence-corrected chi connectivity index (χ3v) is 3.62. The van der Waals surface area contributed by atoms with Crippen molar-refractivity contribution in [3.8, 4) is 11.5 Å². The van der Waals surface area contributed by atoms with Crippen LogP contribution in [0.5, 0.6) is 11.5 Å². The molecule has 2 nitrogen and oxygen atoms in total. The highest BCUT2D eigenvalue weighted by Crippen LogP contribution is 2.29. The summed E-state index contributed by atoms with van der Waals surface area (Å²) in [4.78, 5) is 0. The van der Waals surface area contributed by atoms with Crippen molar-refractivity contribution in [1.29, 1.82) is 0 Å². The van der Waals surface area contributed by atoms with Gasteiger partial charge in [0.25, 0.3) is 0 Å². The maximum Gasteiger partial charge on any atom is 0.140 e. The van der Waals surface area contributed by atoms with E-state index in [0.29, 0.717) is 6.54 Å². The summed E-state index contributed by atoms with van der Waals surface area (Å²) in [5.74, 6) is 1.80. The third-order valence-electron chi connectivity index (χ3n) is 2.73. The van der Waals surface area contributed by atoms with Crippen LogP contribution >= 0.6 is 22.6 Å². The van der Waals surface area contributed by atoms with Crippen molar-refractivity contribution in [2.75, 3.05) is 6.54 Å². The van der Waals surface area contributed by atoms with Gasteiger partial charge in [0.05, 0.1) is 3.57 Å². The predicted molar refractivity (Wildman–Crippen MR) is 83.2 cm³/mol. The molecule has 0 saturated carbocycles. The van der Waals surface area contributed by atoms with E-state index in [1.54, 1.807) is 0 Å². The molecule has 0 saturated heterocycles. The maximum atomic E-state index is 5.93. The molecule has 18 heavy (non-hydrogen) atoms. The Morgan fingerprint density at radius 1 is 1.11 bits per heavy atom. The number of ether oxygens (including phenoxy) is 1. The first-order chi connectivity index (χ1) is 8.70. The van der Waals surface area contributed by atoms with Crippen molar-refractivity contribution in [1.82, 2.24) is 0 Å². The normalized spacial score (nSPS) is 10.4.